The van der Waals surface area contributed by atoms with Gasteiger partial charge in [0.25, 0.3) is 0 Å². The van der Waals surface area contributed by atoms with E-state index in [1.807, 2.05) is 12.1 Å². The van der Waals surface area contributed by atoms with Crippen LogP contribution in [0.5, 0.6) is 0 Å². The Bertz CT molecular complexity index is 972. The maximum atomic E-state index is 12.3. The summed E-state index contributed by atoms with van der Waals surface area (Å²) in [5.74, 6) is 0.413. The molecule has 1 saturated heterocycles. The summed E-state index contributed by atoms with van der Waals surface area (Å²) in [6.45, 7) is 5.28. The summed E-state index contributed by atoms with van der Waals surface area (Å²) in [7, 11) is 0. The molecule has 3 N–H and O–H groups in total. The SMILES string of the molecule is CCn1c(C2CC(NC(=O)CSc3ccncc3)NN2)c(C)c2ccccc21. The number of thioether (sulfide) groups is 1. The first-order chi connectivity index (χ1) is 13.7. The summed E-state index contributed by atoms with van der Waals surface area (Å²) < 4.78 is 2.37. The number of aryl methyl sites for hydroxylation is 2. The second kappa shape index (κ2) is 8.34. The van der Waals surface area contributed by atoms with E-state index in [0.29, 0.717) is 5.75 Å². The third-order valence-electron chi connectivity index (χ3n) is 5.18. The molecule has 6 nitrogen and oxygen atoms in total. The van der Waals surface area contributed by atoms with Crippen LogP contribution in [-0.2, 0) is 11.3 Å². The Kier molecular flexibility index (Phi) is 5.66. The highest BCUT2D eigenvalue weighted by Crippen LogP contribution is 2.32. The van der Waals surface area contributed by atoms with Crippen LogP contribution in [0.25, 0.3) is 10.9 Å². The van der Waals surface area contributed by atoms with Crippen molar-refractivity contribution >= 4 is 28.6 Å². The van der Waals surface area contributed by atoms with E-state index >= 15 is 0 Å². The number of hydrogen-bond acceptors (Lipinski definition) is 5. The quantitative estimate of drug-likeness (QED) is 0.560. The van der Waals surface area contributed by atoms with Crippen molar-refractivity contribution in [3.8, 4) is 0 Å². The van der Waals surface area contributed by atoms with Crippen LogP contribution in [0, 0.1) is 6.92 Å². The predicted molar refractivity (Wildman–Crippen MR) is 113 cm³/mol. The van der Waals surface area contributed by atoms with E-state index in [2.05, 4.69) is 63.8 Å². The van der Waals surface area contributed by atoms with Crippen molar-refractivity contribution in [3.05, 3.63) is 60.0 Å². The molecule has 1 fully saturated rings. The monoisotopic (exact) mass is 395 g/mol. The Morgan fingerprint density at radius 1 is 1.25 bits per heavy atom. The van der Waals surface area contributed by atoms with Crippen molar-refractivity contribution in [1.82, 2.24) is 25.7 Å². The Morgan fingerprint density at radius 3 is 2.82 bits per heavy atom. The molecule has 1 aliphatic heterocycles. The number of aromatic nitrogens is 2. The lowest BCUT2D eigenvalue weighted by Crippen LogP contribution is -2.44. The number of hydrogen-bond donors (Lipinski definition) is 3. The summed E-state index contributed by atoms with van der Waals surface area (Å²) in [4.78, 5) is 17.4. The van der Waals surface area contributed by atoms with E-state index in [1.165, 1.54) is 33.9 Å². The van der Waals surface area contributed by atoms with E-state index in [-0.39, 0.29) is 18.1 Å². The fraction of sp³-hybridized carbons (Fsp3) is 0.333. The Balaban J connectivity index is 1.41. The number of amides is 1. The van der Waals surface area contributed by atoms with E-state index in [4.69, 9.17) is 0 Å². The first-order valence-electron chi connectivity index (χ1n) is 9.58. The van der Waals surface area contributed by atoms with Gasteiger partial charge in [0.1, 0.15) is 0 Å². The van der Waals surface area contributed by atoms with Gasteiger partial charge in [-0.25, -0.2) is 10.9 Å². The van der Waals surface area contributed by atoms with Crippen molar-refractivity contribution in [2.45, 2.75) is 43.9 Å². The molecule has 146 valence electrons. The van der Waals surface area contributed by atoms with Crippen LogP contribution in [0.15, 0.2) is 53.7 Å². The summed E-state index contributed by atoms with van der Waals surface area (Å²) >= 11 is 1.52. The van der Waals surface area contributed by atoms with Crippen LogP contribution in [0.2, 0.25) is 0 Å². The fourth-order valence-electron chi connectivity index (χ4n) is 3.94. The third kappa shape index (κ3) is 3.78. The normalized spacial score (nSPS) is 19.2. The van der Waals surface area contributed by atoms with Gasteiger partial charge < -0.3 is 9.88 Å². The topological polar surface area (TPSA) is 71.0 Å². The summed E-state index contributed by atoms with van der Waals surface area (Å²) in [6.07, 6.45) is 4.20. The van der Waals surface area contributed by atoms with E-state index in [9.17, 15) is 4.79 Å². The van der Waals surface area contributed by atoms with Gasteiger partial charge in [0.05, 0.1) is 18.0 Å². The van der Waals surface area contributed by atoms with Crippen molar-refractivity contribution in [2.24, 2.45) is 0 Å². The molecule has 0 radical (unpaired) electrons. The average Bonchev–Trinajstić information content (AvgIpc) is 3.29. The van der Waals surface area contributed by atoms with Crippen LogP contribution in [0.3, 0.4) is 0 Å². The third-order valence-corrected chi connectivity index (χ3v) is 6.19. The lowest BCUT2D eigenvalue weighted by molar-refractivity contribution is -0.119. The number of fused-ring (bicyclic) bond motifs is 1. The molecule has 0 spiro atoms. The number of hydrazine groups is 1. The molecule has 2 unspecified atom stereocenters. The lowest BCUT2D eigenvalue weighted by Gasteiger charge is -2.15. The molecule has 0 bridgehead atoms. The summed E-state index contributed by atoms with van der Waals surface area (Å²) in [6, 6.07) is 12.5. The Hall–Kier alpha value is -2.35. The minimum absolute atomic E-state index is 0.0227. The highest BCUT2D eigenvalue weighted by molar-refractivity contribution is 8.00. The predicted octanol–water partition coefficient (Wildman–Crippen LogP) is 3.14. The number of carbonyl (C=O) groups excluding carboxylic acids is 1. The van der Waals surface area contributed by atoms with Gasteiger partial charge in [-0.2, -0.15) is 0 Å². The highest BCUT2D eigenvalue weighted by atomic mass is 32.2. The zero-order chi connectivity index (χ0) is 19.5. The Morgan fingerprint density at radius 2 is 2.04 bits per heavy atom. The number of pyridine rings is 1. The number of nitrogens with one attached hydrogen (secondary N) is 3. The zero-order valence-electron chi connectivity index (χ0n) is 16.1. The maximum absolute atomic E-state index is 12.3. The minimum Gasteiger partial charge on any atom is -0.343 e. The van der Waals surface area contributed by atoms with Crippen molar-refractivity contribution in [2.75, 3.05) is 5.75 Å². The minimum atomic E-state index is -0.0849. The van der Waals surface area contributed by atoms with E-state index in [0.717, 1.165) is 17.9 Å². The average molecular weight is 396 g/mol. The first kappa shape index (κ1) is 19.0. The molecule has 4 rings (SSSR count). The second-order valence-corrected chi connectivity index (χ2v) is 7.99. The number of carbonyl (C=O) groups is 1. The van der Waals surface area contributed by atoms with Gasteiger partial charge in [-0.05, 0) is 37.6 Å². The van der Waals surface area contributed by atoms with Crippen molar-refractivity contribution in [3.63, 3.8) is 0 Å². The smallest absolute Gasteiger partial charge is 0.231 e. The highest BCUT2D eigenvalue weighted by Gasteiger charge is 2.30. The molecule has 2 atom stereocenters. The molecule has 1 amide bonds. The molecular formula is C21H25N5OS. The van der Waals surface area contributed by atoms with Gasteiger partial charge in [-0.3, -0.25) is 9.78 Å². The summed E-state index contributed by atoms with van der Waals surface area (Å²) in [5.41, 5.74) is 10.5. The molecule has 28 heavy (non-hydrogen) atoms. The van der Waals surface area contributed by atoms with E-state index in [1.54, 1.807) is 12.4 Å². The van der Waals surface area contributed by atoms with Gasteiger partial charge >= 0.3 is 0 Å². The van der Waals surface area contributed by atoms with Crippen LogP contribution < -0.4 is 16.2 Å². The molecule has 7 heteroatoms. The van der Waals surface area contributed by atoms with Gasteiger partial charge in [-0.15, -0.1) is 11.8 Å². The van der Waals surface area contributed by atoms with E-state index < -0.39 is 0 Å². The molecule has 0 saturated carbocycles. The number of benzene rings is 1. The van der Waals surface area contributed by atoms with Crippen LogP contribution in [0.1, 0.15) is 30.6 Å². The van der Waals surface area contributed by atoms with Gasteiger partial charge in [0.15, 0.2) is 0 Å². The van der Waals surface area contributed by atoms with Gasteiger partial charge in [0, 0.05) is 46.9 Å². The molecule has 3 heterocycles. The number of para-hydroxylation sites is 1. The first-order valence-corrected chi connectivity index (χ1v) is 10.6. The van der Waals surface area contributed by atoms with Crippen LogP contribution in [-0.4, -0.2) is 27.4 Å². The van der Waals surface area contributed by atoms with Crippen molar-refractivity contribution in [1.29, 1.82) is 0 Å². The second-order valence-electron chi connectivity index (χ2n) is 6.94. The molecule has 0 aliphatic carbocycles. The molecule has 3 aromatic rings. The number of rotatable bonds is 6. The van der Waals surface area contributed by atoms with Crippen LogP contribution in [0.4, 0.5) is 0 Å². The van der Waals surface area contributed by atoms with Crippen LogP contribution >= 0.6 is 11.8 Å². The molecule has 2 aromatic heterocycles. The molecule has 1 aliphatic rings. The number of nitrogens with zero attached hydrogens (tertiary/aromatic N) is 2. The Labute approximate surface area is 169 Å². The molecular weight excluding hydrogens is 370 g/mol. The maximum Gasteiger partial charge on any atom is 0.231 e. The van der Waals surface area contributed by atoms with Crippen molar-refractivity contribution < 1.29 is 4.79 Å². The largest absolute Gasteiger partial charge is 0.343 e. The summed E-state index contributed by atoms with van der Waals surface area (Å²) in [5, 5.41) is 4.38. The molecule has 1 aromatic carbocycles. The zero-order valence-corrected chi connectivity index (χ0v) is 16.9. The fourth-order valence-corrected chi connectivity index (χ4v) is 4.63. The standard InChI is InChI=1S/C21H25N5OS/c1-3-26-18-7-5-4-6-16(18)14(2)21(26)17-12-19(25-24-17)23-20(27)13-28-15-8-10-22-11-9-15/h4-11,17,19,24-25H,3,12-13H2,1-2H3,(H,23,27). The van der Waals surface area contributed by atoms with Gasteiger partial charge in [0.2, 0.25) is 5.91 Å². The lowest BCUT2D eigenvalue weighted by atomic mass is 10.1. The van der Waals surface area contributed by atoms with Gasteiger partial charge in [-0.1, -0.05) is 18.2 Å².